The van der Waals surface area contributed by atoms with Crippen molar-refractivity contribution in [3.63, 3.8) is 0 Å². The number of aromatic nitrogens is 2. The van der Waals surface area contributed by atoms with E-state index in [1.54, 1.807) is 6.20 Å². The van der Waals surface area contributed by atoms with Crippen LogP contribution in [0.4, 0.5) is 0 Å². The molecule has 1 aliphatic heterocycles. The number of carbonyl (C=O) groups excluding carboxylic acids is 1. The van der Waals surface area contributed by atoms with Gasteiger partial charge in [-0.05, 0) is 50.2 Å². The van der Waals surface area contributed by atoms with Crippen molar-refractivity contribution in [3.05, 3.63) is 48.3 Å². The smallest absolute Gasteiger partial charge is 0.239 e. The van der Waals surface area contributed by atoms with Gasteiger partial charge in [0.2, 0.25) is 5.91 Å². The molecule has 0 saturated carbocycles. The van der Waals surface area contributed by atoms with Crippen LogP contribution in [0.25, 0.3) is 5.69 Å². The lowest BCUT2D eigenvalue weighted by atomic mass is 10.1. The Morgan fingerprint density at radius 3 is 2.73 bits per heavy atom. The number of amides is 1. The fourth-order valence-electron chi connectivity index (χ4n) is 3.00. The second kappa shape index (κ2) is 6.32. The number of hydrogen-bond donors (Lipinski definition) is 0. The molecule has 1 amide bonds. The molecule has 2 heterocycles. The van der Waals surface area contributed by atoms with Gasteiger partial charge in [-0.1, -0.05) is 12.1 Å². The number of likely N-dealkylation sites (N-methyl/N-ethyl adjacent to an activating group) is 2. The van der Waals surface area contributed by atoms with E-state index in [2.05, 4.69) is 22.1 Å². The van der Waals surface area contributed by atoms with Crippen LogP contribution in [0.3, 0.4) is 0 Å². The Kier molecular flexibility index (Phi) is 4.24. The molecule has 0 N–H and O–H groups in total. The van der Waals surface area contributed by atoms with E-state index in [1.807, 2.05) is 48.1 Å². The normalized spacial score (nSPS) is 18.5. The van der Waals surface area contributed by atoms with Crippen molar-refractivity contribution in [1.82, 2.24) is 19.6 Å². The summed E-state index contributed by atoms with van der Waals surface area (Å²) in [4.78, 5) is 16.5. The van der Waals surface area contributed by atoms with E-state index in [0.29, 0.717) is 6.54 Å². The average Bonchev–Trinajstić information content (AvgIpc) is 3.18. The van der Waals surface area contributed by atoms with Crippen molar-refractivity contribution in [2.45, 2.75) is 25.4 Å². The second-order valence-corrected chi connectivity index (χ2v) is 5.95. The summed E-state index contributed by atoms with van der Waals surface area (Å²) in [5.74, 6) is 0.219. The van der Waals surface area contributed by atoms with Crippen molar-refractivity contribution >= 4 is 5.91 Å². The van der Waals surface area contributed by atoms with Crippen LogP contribution >= 0.6 is 0 Å². The molecule has 1 atom stereocenters. The van der Waals surface area contributed by atoms with Crippen LogP contribution < -0.4 is 0 Å². The highest BCUT2D eigenvalue weighted by Gasteiger charge is 2.29. The van der Waals surface area contributed by atoms with Gasteiger partial charge >= 0.3 is 0 Å². The molecule has 0 spiro atoms. The molecule has 5 nitrogen and oxygen atoms in total. The van der Waals surface area contributed by atoms with Crippen LogP contribution in [0, 0.1) is 0 Å². The summed E-state index contributed by atoms with van der Waals surface area (Å²) >= 11 is 0. The molecule has 22 heavy (non-hydrogen) atoms. The third-order valence-electron chi connectivity index (χ3n) is 4.31. The van der Waals surface area contributed by atoms with Crippen LogP contribution in [0.5, 0.6) is 0 Å². The molecule has 5 heteroatoms. The molecule has 3 rings (SSSR count). The number of nitrogens with zero attached hydrogens (tertiary/aromatic N) is 4. The zero-order chi connectivity index (χ0) is 15.5. The predicted molar refractivity (Wildman–Crippen MR) is 85.7 cm³/mol. The molecule has 116 valence electrons. The summed E-state index contributed by atoms with van der Waals surface area (Å²) in [5.41, 5.74) is 2.16. The molecule has 1 fully saturated rings. The van der Waals surface area contributed by atoms with E-state index in [-0.39, 0.29) is 11.9 Å². The number of hydrogen-bond acceptors (Lipinski definition) is 3. The van der Waals surface area contributed by atoms with Crippen molar-refractivity contribution in [1.29, 1.82) is 0 Å². The maximum absolute atomic E-state index is 12.5. The first-order valence-electron chi connectivity index (χ1n) is 7.69. The largest absolute Gasteiger partial charge is 0.340 e. The predicted octanol–water partition coefficient (Wildman–Crippen LogP) is 1.92. The van der Waals surface area contributed by atoms with Gasteiger partial charge in [0, 0.05) is 26.0 Å². The lowest BCUT2D eigenvalue weighted by molar-refractivity contribution is -0.134. The maximum Gasteiger partial charge on any atom is 0.239 e. The van der Waals surface area contributed by atoms with Crippen molar-refractivity contribution < 1.29 is 4.79 Å². The summed E-state index contributed by atoms with van der Waals surface area (Å²) in [7, 11) is 3.91. The molecule has 1 saturated heterocycles. The van der Waals surface area contributed by atoms with Gasteiger partial charge in [0.25, 0.3) is 0 Å². The summed E-state index contributed by atoms with van der Waals surface area (Å²) in [6.45, 7) is 1.66. The van der Waals surface area contributed by atoms with Crippen molar-refractivity contribution in [3.8, 4) is 5.69 Å². The number of benzene rings is 1. The van der Waals surface area contributed by atoms with Crippen molar-refractivity contribution in [2.24, 2.45) is 0 Å². The zero-order valence-corrected chi connectivity index (χ0v) is 13.1. The molecule has 0 bridgehead atoms. The van der Waals surface area contributed by atoms with Crippen molar-refractivity contribution in [2.75, 3.05) is 20.6 Å². The minimum Gasteiger partial charge on any atom is -0.340 e. The van der Waals surface area contributed by atoms with Gasteiger partial charge in [-0.2, -0.15) is 5.10 Å². The van der Waals surface area contributed by atoms with Gasteiger partial charge in [0.1, 0.15) is 0 Å². The van der Waals surface area contributed by atoms with Crippen LogP contribution in [-0.4, -0.2) is 52.2 Å². The Morgan fingerprint density at radius 1 is 1.36 bits per heavy atom. The van der Waals surface area contributed by atoms with Gasteiger partial charge in [0.15, 0.2) is 0 Å². The molecule has 1 aromatic heterocycles. The summed E-state index contributed by atoms with van der Waals surface area (Å²) < 4.78 is 1.83. The van der Waals surface area contributed by atoms with Gasteiger partial charge < -0.3 is 4.90 Å². The van der Waals surface area contributed by atoms with E-state index in [9.17, 15) is 4.79 Å². The van der Waals surface area contributed by atoms with Gasteiger partial charge in [-0.25, -0.2) is 4.68 Å². The molecule has 0 unspecified atom stereocenters. The molecular formula is C17H22N4O. The summed E-state index contributed by atoms with van der Waals surface area (Å²) in [6, 6.07) is 10.1. The van der Waals surface area contributed by atoms with E-state index in [4.69, 9.17) is 0 Å². The average molecular weight is 298 g/mol. The molecule has 1 aromatic carbocycles. The first-order chi connectivity index (χ1) is 10.6. The number of likely N-dealkylation sites (tertiary alicyclic amines) is 1. The Morgan fingerprint density at radius 2 is 2.14 bits per heavy atom. The van der Waals surface area contributed by atoms with Gasteiger partial charge in [-0.15, -0.1) is 0 Å². The van der Waals surface area contributed by atoms with Crippen LogP contribution in [0.15, 0.2) is 42.7 Å². The van der Waals surface area contributed by atoms with Crippen LogP contribution in [0.1, 0.15) is 18.4 Å². The highest BCUT2D eigenvalue weighted by Crippen LogP contribution is 2.18. The van der Waals surface area contributed by atoms with Gasteiger partial charge in [0.05, 0.1) is 11.7 Å². The van der Waals surface area contributed by atoms with Crippen LogP contribution in [0.2, 0.25) is 0 Å². The molecular weight excluding hydrogens is 276 g/mol. The fraction of sp³-hybridized carbons (Fsp3) is 0.412. The molecule has 1 aliphatic rings. The lowest BCUT2D eigenvalue weighted by Crippen LogP contribution is -2.42. The lowest BCUT2D eigenvalue weighted by Gasteiger charge is -2.25. The third kappa shape index (κ3) is 3.04. The highest BCUT2D eigenvalue weighted by atomic mass is 16.2. The number of rotatable bonds is 4. The molecule has 2 aromatic rings. The first-order valence-corrected chi connectivity index (χ1v) is 7.69. The topological polar surface area (TPSA) is 41.4 Å². The van der Waals surface area contributed by atoms with Gasteiger partial charge in [-0.3, -0.25) is 9.69 Å². The minimum atomic E-state index is 0.0494. The Labute approximate surface area is 131 Å². The van der Waals surface area contributed by atoms with E-state index < -0.39 is 0 Å². The standard InChI is InChI=1S/C17H22N4O/c1-19-11-3-5-16(19)17(22)20(2)13-14-6-8-15(9-7-14)21-12-4-10-18-21/h4,6-10,12,16H,3,5,11,13H2,1-2H3/t16-/m0/s1. The first kappa shape index (κ1) is 14.8. The zero-order valence-electron chi connectivity index (χ0n) is 13.1. The minimum absolute atomic E-state index is 0.0494. The Bertz CT molecular complexity index is 621. The third-order valence-corrected chi connectivity index (χ3v) is 4.31. The fourth-order valence-corrected chi connectivity index (χ4v) is 3.00. The monoisotopic (exact) mass is 298 g/mol. The number of carbonyl (C=O) groups is 1. The molecule has 0 radical (unpaired) electrons. The quantitative estimate of drug-likeness (QED) is 0.866. The molecule has 0 aliphatic carbocycles. The van der Waals surface area contributed by atoms with E-state index in [0.717, 1.165) is 30.6 Å². The Balaban J connectivity index is 1.64. The summed E-state index contributed by atoms with van der Waals surface area (Å²) in [5, 5.41) is 4.21. The second-order valence-electron chi connectivity index (χ2n) is 5.95. The van der Waals surface area contributed by atoms with E-state index in [1.165, 1.54) is 0 Å². The SMILES string of the molecule is CN(Cc1ccc(-n2cccn2)cc1)C(=O)[C@@H]1CCCN1C. The summed E-state index contributed by atoms with van der Waals surface area (Å²) in [6.07, 6.45) is 5.76. The maximum atomic E-state index is 12.5. The highest BCUT2D eigenvalue weighted by molar-refractivity contribution is 5.81. The van der Waals surface area contributed by atoms with Crippen LogP contribution in [-0.2, 0) is 11.3 Å². The van der Waals surface area contributed by atoms with E-state index >= 15 is 0 Å². The Hall–Kier alpha value is -2.14.